The van der Waals surface area contributed by atoms with E-state index in [0.717, 1.165) is 4.88 Å². The minimum absolute atomic E-state index is 0.0438. The lowest BCUT2D eigenvalue weighted by atomic mass is 10.1. The molecule has 0 saturated carbocycles. The van der Waals surface area contributed by atoms with Crippen LogP contribution in [0.25, 0.3) is 0 Å². The van der Waals surface area contributed by atoms with E-state index in [0.29, 0.717) is 13.1 Å². The van der Waals surface area contributed by atoms with Crippen molar-refractivity contribution in [2.24, 2.45) is 5.73 Å². The predicted octanol–water partition coefficient (Wildman–Crippen LogP) is 1.06. The van der Waals surface area contributed by atoms with Crippen LogP contribution in [0.2, 0.25) is 0 Å². The number of nitrogens with zero attached hydrogens (tertiary/aromatic N) is 1. The lowest BCUT2D eigenvalue weighted by molar-refractivity contribution is -0.133. The molecule has 6 nitrogen and oxygen atoms in total. The van der Waals surface area contributed by atoms with E-state index < -0.39 is 6.03 Å². The molecule has 1 aromatic heterocycles. The third-order valence-electron chi connectivity index (χ3n) is 3.49. The highest BCUT2D eigenvalue weighted by Crippen LogP contribution is 2.23. The summed E-state index contributed by atoms with van der Waals surface area (Å²) >= 11 is 1.51. The second kappa shape index (κ2) is 6.91. The standard InChI is InChI=1S/C14H22N4O2S/c1-9-7-18(8-10(2)16-9)13(19)6-11(17-14(15)20)12-4-3-5-21-12/h3-5,9-11,16H,6-8H2,1-2H3,(H3,15,17,20). The van der Waals surface area contributed by atoms with E-state index in [1.807, 2.05) is 22.4 Å². The quantitative estimate of drug-likeness (QED) is 0.777. The van der Waals surface area contributed by atoms with Gasteiger partial charge in [0.05, 0.1) is 12.5 Å². The van der Waals surface area contributed by atoms with Crippen molar-refractivity contribution < 1.29 is 9.59 Å². The van der Waals surface area contributed by atoms with Gasteiger partial charge in [0.15, 0.2) is 0 Å². The summed E-state index contributed by atoms with van der Waals surface area (Å²) in [7, 11) is 0. The highest BCUT2D eigenvalue weighted by Gasteiger charge is 2.27. The maximum Gasteiger partial charge on any atom is 0.312 e. The minimum atomic E-state index is -0.608. The second-order valence-electron chi connectivity index (χ2n) is 5.55. The molecule has 0 spiro atoms. The molecule has 7 heteroatoms. The maximum absolute atomic E-state index is 12.5. The first-order valence-corrected chi connectivity index (χ1v) is 7.97. The number of amides is 3. The largest absolute Gasteiger partial charge is 0.352 e. The molecule has 0 aliphatic carbocycles. The number of hydrogen-bond acceptors (Lipinski definition) is 4. The summed E-state index contributed by atoms with van der Waals surface area (Å²) in [5.74, 6) is 0.0438. The Morgan fingerprint density at radius 1 is 1.48 bits per heavy atom. The monoisotopic (exact) mass is 310 g/mol. The number of nitrogens with one attached hydrogen (secondary N) is 2. The summed E-state index contributed by atoms with van der Waals surface area (Å²) < 4.78 is 0. The van der Waals surface area contributed by atoms with Gasteiger partial charge in [0.2, 0.25) is 5.91 Å². The second-order valence-corrected chi connectivity index (χ2v) is 6.53. The third kappa shape index (κ3) is 4.44. The van der Waals surface area contributed by atoms with Crippen molar-refractivity contribution in [3.05, 3.63) is 22.4 Å². The van der Waals surface area contributed by atoms with Crippen molar-refractivity contribution in [2.45, 2.75) is 38.4 Å². The Morgan fingerprint density at radius 2 is 2.14 bits per heavy atom. The lowest BCUT2D eigenvalue weighted by Gasteiger charge is -2.36. The van der Waals surface area contributed by atoms with Gasteiger partial charge in [0.25, 0.3) is 0 Å². The number of thiophene rings is 1. The van der Waals surface area contributed by atoms with Gasteiger partial charge < -0.3 is 21.3 Å². The molecule has 3 unspecified atom stereocenters. The third-order valence-corrected chi connectivity index (χ3v) is 4.48. The number of urea groups is 1. The van der Waals surface area contributed by atoms with Crippen molar-refractivity contribution in [1.82, 2.24) is 15.5 Å². The molecule has 1 aliphatic rings. The van der Waals surface area contributed by atoms with Gasteiger partial charge in [-0.1, -0.05) is 6.07 Å². The van der Waals surface area contributed by atoms with Crippen LogP contribution in [-0.2, 0) is 4.79 Å². The maximum atomic E-state index is 12.5. The van der Waals surface area contributed by atoms with E-state index in [1.165, 1.54) is 11.3 Å². The Kier molecular flexibility index (Phi) is 5.19. The van der Waals surface area contributed by atoms with Crippen LogP contribution in [0.5, 0.6) is 0 Å². The summed E-state index contributed by atoms with van der Waals surface area (Å²) in [6.45, 7) is 5.51. The normalized spacial score (nSPS) is 23.6. The average Bonchev–Trinajstić information content (AvgIpc) is 2.89. The number of rotatable bonds is 4. The lowest BCUT2D eigenvalue weighted by Crippen LogP contribution is -2.56. The minimum Gasteiger partial charge on any atom is -0.352 e. The first-order chi connectivity index (χ1) is 9.95. The Labute approximate surface area is 128 Å². The molecular formula is C14H22N4O2S. The number of primary amides is 1. The van der Waals surface area contributed by atoms with Gasteiger partial charge in [-0.2, -0.15) is 0 Å². The summed E-state index contributed by atoms with van der Waals surface area (Å²) in [5.41, 5.74) is 5.22. The zero-order valence-corrected chi connectivity index (χ0v) is 13.2. The van der Waals surface area contributed by atoms with Crippen LogP contribution < -0.4 is 16.4 Å². The van der Waals surface area contributed by atoms with Crippen molar-refractivity contribution in [1.29, 1.82) is 0 Å². The van der Waals surface area contributed by atoms with Gasteiger partial charge >= 0.3 is 6.03 Å². The average molecular weight is 310 g/mol. The van der Waals surface area contributed by atoms with Gasteiger partial charge in [0, 0.05) is 30.1 Å². The molecular weight excluding hydrogens is 288 g/mol. The van der Waals surface area contributed by atoms with Crippen molar-refractivity contribution in [2.75, 3.05) is 13.1 Å². The fraction of sp³-hybridized carbons (Fsp3) is 0.571. The van der Waals surface area contributed by atoms with E-state index in [1.54, 1.807) is 0 Å². The molecule has 0 bridgehead atoms. The van der Waals surface area contributed by atoms with Crippen LogP contribution in [-0.4, -0.2) is 42.0 Å². The fourth-order valence-corrected chi connectivity index (χ4v) is 3.50. The summed E-state index contributed by atoms with van der Waals surface area (Å²) in [4.78, 5) is 26.4. The Balaban J connectivity index is 2.02. The molecule has 1 saturated heterocycles. The first-order valence-electron chi connectivity index (χ1n) is 7.09. The Hall–Kier alpha value is -1.60. The number of nitrogens with two attached hydrogens (primary N) is 1. The molecule has 2 heterocycles. The number of carbonyl (C=O) groups excluding carboxylic acids is 2. The van der Waals surface area contributed by atoms with Gasteiger partial charge in [-0.25, -0.2) is 4.79 Å². The van der Waals surface area contributed by atoms with Crippen LogP contribution in [0.15, 0.2) is 17.5 Å². The molecule has 0 radical (unpaired) electrons. The van der Waals surface area contributed by atoms with Crippen LogP contribution in [0.1, 0.15) is 31.2 Å². The molecule has 4 N–H and O–H groups in total. The molecule has 116 valence electrons. The van der Waals surface area contributed by atoms with Gasteiger partial charge in [-0.15, -0.1) is 11.3 Å². The summed E-state index contributed by atoms with van der Waals surface area (Å²) in [5, 5.41) is 7.98. The molecule has 21 heavy (non-hydrogen) atoms. The van der Waals surface area contributed by atoms with Crippen LogP contribution >= 0.6 is 11.3 Å². The highest BCUT2D eigenvalue weighted by atomic mass is 32.1. The van der Waals surface area contributed by atoms with E-state index >= 15 is 0 Å². The Morgan fingerprint density at radius 3 is 2.67 bits per heavy atom. The zero-order valence-electron chi connectivity index (χ0n) is 12.3. The molecule has 3 atom stereocenters. The van der Waals surface area contributed by atoms with Crippen molar-refractivity contribution in [3.8, 4) is 0 Å². The fourth-order valence-electron chi connectivity index (χ4n) is 2.72. The molecule has 1 aromatic rings. The summed E-state index contributed by atoms with van der Waals surface area (Å²) in [6.07, 6.45) is 0.239. The molecule has 3 amide bonds. The van der Waals surface area contributed by atoms with E-state index in [4.69, 9.17) is 5.73 Å². The Bertz CT molecular complexity index is 481. The number of piperazine rings is 1. The first kappa shape index (κ1) is 15.8. The van der Waals surface area contributed by atoms with Gasteiger partial charge in [0.1, 0.15) is 0 Å². The molecule has 1 aliphatic heterocycles. The topological polar surface area (TPSA) is 87.5 Å². The SMILES string of the molecule is CC1CN(C(=O)CC(NC(N)=O)c2cccs2)CC(C)N1. The highest BCUT2D eigenvalue weighted by molar-refractivity contribution is 7.10. The van der Waals surface area contributed by atoms with Gasteiger partial charge in [-0.3, -0.25) is 4.79 Å². The smallest absolute Gasteiger partial charge is 0.312 e. The van der Waals surface area contributed by atoms with Gasteiger partial charge in [-0.05, 0) is 25.3 Å². The van der Waals surface area contributed by atoms with Crippen LogP contribution in [0.3, 0.4) is 0 Å². The number of carbonyl (C=O) groups is 2. The zero-order chi connectivity index (χ0) is 15.4. The van der Waals surface area contributed by atoms with E-state index in [2.05, 4.69) is 24.5 Å². The van der Waals surface area contributed by atoms with Crippen molar-refractivity contribution in [3.63, 3.8) is 0 Å². The van der Waals surface area contributed by atoms with E-state index in [-0.39, 0.29) is 30.5 Å². The predicted molar refractivity (Wildman–Crippen MR) is 83.0 cm³/mol. The van der Waals surface area contributed by atoms with Crippen LogP contribution in [0, 0.1) is 0 Å². The van der Waals surface area contributed by atoms with Crippen molar-refractivity contribution >= 4 is 23.3 Å². The van der Waals surface area contributed by atoms with Crippen LogP contribution in [0.4, 0.5) is 4.79 Å². The molecule has 0 aromatic carbocycles. The molecule has 1 fully saturated rings. The molecule has 2 rings (SSSR count). The number of hydrogen-bond donors (Lipinski definition) is 3. The van der Waals surface area contributed by atoms with E-state index in [9.17, 15) is 9.59 Å². The summed E-state index contributed by atoms with van der Waals surface area (Å²) in [6, 6.07) is 3.40.